The summed E-state index contributed by atoms with van der Waals surface area (Å²) in [6.07, 6.45) is 1.07. The predicted molar refractivity (Wildman–Crippen MR) is 40.4 cm³/mol. The van der Waals surface area contributed by atoms with Gasteiger partial charge in [-0.15, -0.1) is 0 Å². The largest absolute Gasteiger partial charge is 0.361 e. The summed E-state index contributed by atoms with van der Waals surface area (Å²) in [4.78, 5) is 3.50. The molecule has 0 aliphatic carbocycles. The van der Waals surface area contributed by atoms with Crippen LogP contribution in [0.2, 0.25) is 0 Å². The highest BCUT2D eigenvalue weighted by molar-refractivity contribution is 7.80. The average Bonchev–Trinajstić information content (AvgIpc) is 1.83. The molecule has 0 aromatic heterocycles. The van der Waals surface area contributed by atoms with Crippen LogP contribution in [0.1, 0.15) is 13.3 Å². The Bertz CT molecular complexity index is 90.4. The van der Waals surface area contributed by atoms with Gasteiger partial charge in [0, 0.05) is 6.54 Å². The molecule has 0 saturated carbocycles. The van der Waals surface area contributed by atoms with E-state index in [1.807, 2.05) is 0 Å². The Balaban J connectivity index is 3.11. The summed E-state index contributed by atoms with van der Waals surface area (Å²) in [7, 11) is 0. The van der Waals surface area contributed by atoms with Crippen molar-refractivity contribution in [1.82, 2.24) is 5.32 Å². The van der Waals surface area contributed by atoms with Gasteiger partial charge in [0.2, 0.25) is 0 Å². The fraction of sp³-hybridized carbons (Fsp3) is 0.600. The van der Waals surface area contributed by atoms with Gasteiger partial charge in [0.05, 0.1) is 0 Å². The Hall–Kier alpha value is -0.440. The second-order valence-corrected chi connectivity index (χ2v) is 1.78. The monoisotopic (exact) mass is 130 g/mol. The molecule has 0 aliphatic heterocycles. The van der Waals surface area contributed by atoms with E-state index in [-0.39, 0.29) is 0 Å². The van der Waals surface area contributed by atoms with Gasteiger partial charge in [-0.3, -0.25) is 0 Å². The van der Waals surface area contributed by atoms with Crippen molar-refractivity contribution < 1.29 is 0 Å². The molecule has 0 aromatic carbocycles. The first-order chi connectivity index (χ1) is 3.81. The Morgan fingerprint density at radius 1 is 1.88 bits per heavy atom. The second-order valence-electron chi connectivity index (χ2n) is 1.39. The zero-order chi connectivity index (χ0) is 6.41. The lowest BCUT2D eigenvalue weighted by Gasteiger charge is -1.97. The Kier molecular flexibility index (Phi) is 4.45. The van der Waals surface area contributed by atoms with Crippen LogP contribution in [0.25, 0.3) is 0 Å². The first-order valence-electron chi connectivity index (χ1n) is 2.55. The fourth-order valence-electron chi connectivity index (χ4n) is 0.288. The highest BCUT2D eigenvalue weighted by Gasteiger charge is 1.83. The molecule has 0 aromatic rings. The van der Waals surface area contributed by atoms with Crippen molar-refractivity contribution in [3.05, 3.63) is 0 Å². The van der Waals surface area contributed by atoms with Gasteiger partial charge in [0.1, 0.15) is 0 Å². The molecule has 0 saturated heterocycles. The van der Waals surface area contributed by atoms with Gasteiger partial charge in [-0.1, -0.05) is 6.92 Å². The van der Waals surface area contributed by atoms with Crippen LogP contribution in [-0.4, -0.2) is 18.4 Å². The van der Waals surface area contributed by atoms with Crippen molar-refractivity contribution >= 4 is 24.0 Å². The third-order valence-electron chi connectivity index (χ3n) is 0.670. The zero-order valence-corrected chi connectivity index (χ0v) is 5.79. The van der Waals surface area contributed by atoms with Crippen molar-refractivity contribution in [3.8, 4) is 0 Å². The van der Waals surface area contributed by atoms with Gasteiger partial charge in [-0.2, -0.15) is 0 Å². The van der Waals surface area contributed by atoms with Gasteiger partial charge in [-0.05, 0) is 25.4 Å². The van der Waals surface area contributed by atoms with Crippen molar-refractivity contribution in [3.63, 3.8) is 0 Å². The highest BCUT2D eigenvalue weighted by atomic mass is 32.1. The molecule has 0 spiro atoms. The first kappa shape index (κ1) is 7.56. The van der Waals surface area contributed by atoms with E-state index in [0.717, 1.165) is 13.0 Å². The number of nitrogens with one attached hydrogen (secondary N) is 1. The van der Waals surface area contributed by atoms with E-state index < -0.39 is 0 Å². The Morgan fingerprint density at radius 2 is 2.50 bits per heavy atom. The molecule has 3 heteroatoms. The lowest BCUT2D eigenvalue weighted by atomic mass is 10.5. The Morgan fingerprint density at radius 3 is 2.88 bits per heavy atom. The average molecular weight is 130 g/mol. The lowest BCUT2D eigenvalue weighted by molar-refractivity contribution is 0.844. The third-order valence-corrected chi connectivity index (χ3v) is 0.943. The maximum Gasteiger partial charge on any atom is 0.192 e. The van der Waals surface area contributed by atoms with E-state index in [1.54, 1.807) is 0 Å². The lowest BCUT2D eigenvalue weighted by Crippen LogP contribution is -2.19. The summed E-state index contributed by atoms with van der Waals surface area (Å²) in [6, 6.07) is 0. The minimum atomic E-state index is 0.492. The van der Waals surface area contributed by atoms with Gasteiger partial charge < -0.3 is 5.32 Å². The minimum Gasteiger partial charge on any atom is -0.361 e. The van der Waals surface area contributed by atoms with Gasteiger partial charge >= 0.3 is 0 Å². The molecule has 0 unspecified atom stereocenters. The van der Waals surface area contributed by atoms with E-state index in [4.69, 9.17) is 0 Å². The van der Waals surface area contributed by atoms with Crippen LogP contribution < -0.4 is 5.32 Å². The summed E-state index contributed by atoms with van der Waals surface area (Å²) < 4.78 is 0. The van der Waals surface area contributed by atoms with Crippen LogP contribution >= 0.6 is 12.2 Å². The molecule has 1 N–H and O–H groups in total. The second kappa shape index (κ2) is 4.71. The molecule has 0 aliphatic rings. The molecular weight excluding hydrogens is 120 g/mol. The van der Waals surface area contributed by atoms with E-state index in [0.29, 0.717) is 5.11 Å². The summed E-state index contributed by atoms with van der Waals surface area (Å²) in [5.41, 5.74) is 0. The van der Waals surface area contributed by atoms with Crippen molar-refractivity contribution in [1.29, 1.82) is 0 Å². The molecule has 0 rings (SSSR count). The molecule has 0 amide bonds. The van der Waals surface area contributed by atoms with E-state index in [1.165, 1.54) is 0 Å². The molecule has 8 heavy (non-hydrogen) atoms. The highest BCUT2D eigenvalue weighted by Crippen LogP contribution is 1.73. The topological polar surface area (TPSA) is 24.4 Å². The number of aliphatic imine (C=N–C) groups is 1. The first-order valence-corrected chi connectivity index (χ1v) is 2.96. The normalized spacial score (nSPS) is 8.12. The smallest absolute Gasteiger partial charge is 0.192 e. The zero-order valence-electron chi connectivity index (χ0n) is 4.98. The van der Waals surface area contributed by atoms with Gasteiger partial charge in [-0.25, -0.2) is 4.99 Å². The van der Waals surface area contributed by atoms with E-state index >= 15 is 0 Å². The van der Waals surface area contributed by atoms with Crippen LogP contribution in [0.3, 0.4) is 0 Å². The molecule has 46 valence electrons. The van der Waals surface area contributed by atoms with Crippen LogP contribution in [0, 0.1) is 0 Å². The van der Waals surface area contributed by atoms with Crippen molar-refractivity contribution in [2.24, 2.45) is 4.99 Å². The number of hydrogen-bond acceptors (Lipinski definition) is 1. The molecule has 0 fully saturated rings. The summed E-state index contributed by atoms with van der Waals surface area (Å²) in [6.45, 7) is 6.21. The molecular formula is C5H10N2S. The van der Waals surface area contributed by atoms with E-state index in [2.05, 4.69) is 36.2 Å². The van der Waals surface area contributed by atoms with Crippen LogP contribution in [0.15, 0.2) is 4.99 Å². The molecule has 2 nitrogen and oxygen atoms in total. The predicted octanol–water partition coefficient (Wildman–Crippen LogP) is 0.972. The number of hydrogen-bond donors (Lipinski definition) is 1. The summed E-state index contributed by atoms with van der Waals surface area (Å²) >= 11 is 4.68. The quantitative estimate of drug-likeness (QED) is 0.445. The minimum absolute atomic E-state index is 0.492. The standard InChI is InChI=1S/C5H10N2S/c1-3-4-7-5(8)6-2/h2-4H2,1H3,(H,7,8). The molecule has 0 atom stereocenters. The summed E-state index contributed by atoms with van der Waals surface area (Å²) in [5, 5.41) is 3.38. The maximum atomic E-state index is 4.68. The number of thiocarbonyl (C=S) groups is 1. The third kappa shape index (κ3) is 3.74. The van der Waals surface area contributed by atoms with Gasteiger partial charge in [0.15, 0.2) is 5.11 Å². The number of rotatable bonds is 2. The van der Waals surface area contributed by atoms with Gasteiger partial charge in [0.25, 0.3) is 0 Å². The van der Waals surface area contributed by atoms with Crippen LogP contribution in [0.5, 0.6) is 0 Å². The van der Waals surface area contributed by atoms with Crippen molar-refractivity contribution in [2.45, 2.75) is 13.3 Å². The number of nitrogens with zero attached hydrogens (tertiary/aromatic N) is 1. The Labute approximate surface area is 55.0 Å². The molecule has 0 radical (unpaired) electrons. The van der Waals surface area contributed by atoms with E-state index in [9.17, 15) is 0 Å². The van der Waals surface area contributed by atoms with Crippen LogP contribution in [0.4, 0.5) is 0 Å². The maximum absolute atomic E-state index is 4.68. The fourth-order valence-corrected chi connectivity index (χ4v) is 0.390. The van der Waals surface area contributed by atoms with Crippen molar-refractivity contribution in [2.75, 3.05) is 6.54 Å². The van der Waals surface area contributed by atoms with Crippen LogP contribution in [-0.2, 0) is 0 Å². The SMILES string of the molecule is C=NC(=S)NCCC. The molecule has 0 heterocycles. The summed E-state index contributed by atoms with van der Waals surface area (Å²) in [5.74, 6) is 0. The molecule has 0 bridgehead atoms.